The molecule has 1 heterocycles. The fourth-order valence-electron chi connectivity index (χ4n) is 2.75. The number of benzene rings is 1. The van der Waals surface area contributed by atoms with Crippen LogP contribution in [0.1, 0.15) is 39.2 Å². The van der Waals surface area contributed by atoms with E-state index in [9.17, 15) is 0 Å². The van der Waals surface area contributed by atoms with Crippen molar-refractivity contribution in [3.05, 3.63) is 36.0 Å². The van der Waals surface area contributed by atoms with E-state index in [1.807, 2.05) is 6.20 Å². The van der Waals surface area contributed by atoms with Gasteiger partial charge in [-0.3, -0.25) is 0 Å². The predicted octanol–water partition coefficient (Wildman–Crippen LogP) is 3.97. The maximum Gasteiger partial charge on any atom is 0.136 e. The molecule has 0 saturated carbocycles. The molecule has 1 N–H and O–H groups in total. The first-order valence-electron chi connectivity index (χ1n) is 8.14. The zero-order chi connectivity index (χ0) is 15.1. The number of nitrogens with zero attached hydrogens (tertiary/aromatic N) is 2. The molecule has 3 nitrogen and oxygen atoms in total. The van der Waals surface area contributed by atoms with Crippen LogP contribution in [0.2, 0.25) is 0 Å². The monoisotopic (exact) mass is 285 g/mol. The van der Waals surface area contributed by atoms with Gasteiger partial charge in [-0.25, -0.2) is 4.98 Å². The van der Waals surface area contributed by atoms with Crippen LogP contribution < -0.4 is 10.2 Å². The van der Waals surface area contributed by atoms with E-state index < -0.39 is 0 Å². The van der Waals surface area contributed by atoms with Crippen molar-refractivity contribution in [3.8, 4) is 0 Å². The van der Waals surface area contributed by atoms with Crippen molar-refractivity contribution in [2.75, 3.05) is 24.5 Å². The fourth-order valence-corrected chi connectivity index (χ4v) is 2.75. The Bertz CT molecular complexity index is 559. The van der Waals surface area contributed by atoms with Crippen LogP contribution in [0.3, 0.4) is 0 Å². The summed E-state index contributed by atoms with van der Waals surface area (Å²) in [5.41, 5.74) is 1.28. The highest BCUT2D eigenvalue weighted by Gasteiger charge is 2.12. The van der Waals surface area contributed by atoms with E-state index in [1.165, 1.54) is 16.3 Å². The lowest BCUT2D eigenvalue weighted by molar-refractivity contribution is 0.722. The van der Waals surface area contributed by atoms with Crippen LogP contribution >= 0.6 is 0 Å². The average molecular weight is 285 g/mol. The Morgan fingerprint density at radius 1 is 1.00 bits per heavy atom. The second-order valence-corrected chi connectivity index (χ2v) is 5.42. The molecule has 0 bridgehead atoms. The van der Waals surface area contributed by atoms with Gasteiger partial charge in [-0.2, -0.15) is 0 Å². The van der Waals surface area contributed by atoms with Crippen LogP contribution in [-0.2, 0) is 6.54 Å². The second kappa shape index (κ2) is 7.99. The molecule has 1 aromatic carbocycles. The Kier molecular flexibility index (Phi) is 6.00. The van der Waals surface area contributed by atoms with E-state index >= 15 is 0 Å². The zero-order valence-electron chi connectivity index (χ0n) is 13.5. The largest absolute Gasteiger partial charge is 0.356 e. The molecule has 0 unspecified atom stereocenters. The number of nitrogens with one attached hydrogen (secondary N) is 1. The highest BCUT2D eigenvalue weighted by atomic mass is 15.2. The van der Waals surface area contributed by atoms with E-state index in [0.717, 1.165) is 44.8 Å². The van der Waals surface area contributed by atoms with Gasteiger partial charge in [0.1, 0.15) is 5.82 Å². The van der Waals surface area contributed by atoms with Crippen LogP contribution in [0.4, 0.5) is 5.82 Å². The molecule has 1 aromatic heterocycles. The number of fused-ring (bicyclic) bond motifs is 1. The van der Waals surface area contributed by atoms with Gasteiger partial charge in [0.25, 0.3) is 0 Å². The van der Waals surface area contributed by atoms with Crippen molar-refractivity contribution in [3.63, 3.8) is 0 Å². The Morgan fingerprint density at radius 3 is 2.29 bits per heavy atom. The van der Waals surface area contributed by atoms with Crippen molar-refractivity contribution < 1.29 is 0 Å². The topological polar surface area (TPSA) is 28.2 Å². The molecule has 2 aromatic rings. The normalized spacial score (nSPS) is 11.0. The molecule has 0 spiro atoms. The average Bonchev–Trinajstić information content (AvgIpc) is 2.52. The first-order chi connectivity index (χ1) is 10.3. The first kappa shape index (κ1) is 15.8. The number of hydrogen-bond acceptors (Lipinski definition) is 3. The van der Waals surface area contributed by atoms with E-state index in [-0.39, 0.29) is 0 Å². The molecule has 3 heteroatoms. The molecule has 0 aliphatic heterocycles. The Hall–Kier alpha value is -1.61. The molecule has 114 valence electrons. The van der Waals surface area contributed by atoms with Crippen LogP contribution in [-0.4, -0.2) is 24.6 Å². The smallest absolute Gasteiger partial charge is 0.136 e. The molecule has 0 atom stereocenters. The zero-order valence-corrected chi connectivity index (χ0v) is 13.5. The molecule has 0 saturated heterocycles. The number of aromatic nitrogens is 1. The SMILES string of the molecule is CCCN(CCC)c1ncc(CNCC)c2ccccc12. The van der Waals surface area contributed by atoms with Crippen LogP contribution in [0.15, 0.2) is 30.5 Å². The second-order valence-electron chi connectivity index (χ2n) is 5.42. The van der Waals surface area contributed by atoms with Gasteiger partial charge in [0.05, 0.1) is 0 Å². The lowest BCUT2D eigenvalue weighted by Gasteiger charge is -2.24. The van der Waals surface area contributed by atoms with Gasteiger partial charge >= 0.3 is 0 Å². The third-order valence-electron chi connectivity index (χ3n) is 3.71. The summed E-state index contributed by atoms with van der Waals surface area (Å²) in [6.07, 6.45) is 4.34. The van der Waals surface area contributed by atoms with Gasteiger partial charge in [-0.15, -0.1) is 0 Å². The van der Waals surface area contributed by atoms with Gasteiger partial charge in [0.15, 0.2) is 0 Å². The fraction of sp³-hybridized carbons (Fsp3) is 0.500. The molecule has 0 fully saturated rings. The molecule has 0 aliphatic carbocycles. The molecular formula is C18H27N3. The third-order valence-corrected chi connectivity index (χ3v) is 3.71. The standard InChI is InChI=1S/C18H27N3/c1-4-11-21(12-5-2)18-17-10-8-7-9-16(17)15(14-20-18)13-19-6-3/h7-10,14,19H,4-6,11-13H2,1-3H3. The number of pyridine rings is 1. The Morgan fingerprint density at radius 2 is 1.67 bits per heavy atom. The summed E-state index contributed by atoms with van der Waals surface area (Å²) in [6.45, 7) is 10.6. The maximum absolute atomic E-state index is 4.78. The van der Waals surface area contributed by atoms with Gasteiger partial charge < -0.3 is 10.2 Å². The lowest BCUT2D eigenvalue weighted by Crippen LogP contribution is -2.26. The van der Waals surface area contributed by atoms with Gasteiger partial charge in [-0.05, 0) is 30.3 Å². The number of anilines is 1. The van der Waals surface area contributed by atoms with Crippen molar-refractivity contribution in [2.24, 2.45) is 0 Å². The predicted molar refractivity (Wildman–Crippen MR) is 91.9 cm³/mol. The molecule has 2 rings (SSSR count). The minimum Gasteiger partial charge on any atom is -0.356 e. The Labute approximate surface area is 128 Å². The van der Waals surface area contributed by atoms with Crippen LogP contribution in [0.5, 0.6) is 0 Å². The van der Waals surface area contributed by atoms with Gasteiger partial charge in [0.2, 0.25) is 0 Å². The number of rotatable bonds is 8. The van der Waals surface area contributed by atoms with E-state index in [1.54, 1.807) is 0 Å². The van der Waals surface area contributed by atoms with E-state index in [2.05, 4.69) is 55.3 Å². The summed E-state index contributed by atoms with van der Waals surface area (Å²) in [7, 11) is 0. The van der Waals surface area contributed by atoms with E-state index in [0.29, 0.717) is 0 Å². The first-order valence-corrected chi connectivity index (χ1v) is 8.14. The molecule has 0 aliphatic rings. The summed E-state index contributed by atoms with van der Waals surface area (Å²) < 4.78 is 0. The molecule has 21 heavy (non-hydrogen) atoms. The van der Waals surface area contributed by atoms with Crippen molar-refractivity contribution >= 4 is 16.6 Å². The number of hydrogen-bond donors (Lipinski definition) is 1. The van der Waals surface area contributed by atoms with E-state index in [4.69, 9.17) is 4.98 Å². The third kappa shape index (κ3) is 3.73. The highest BCUT2D eigenvalue weighted by molar-refractivity contribution is 5.94. The van der Waals surface area contributed by atoms with Crippen molar-refractivity contribution in [2.45, 2.75) is 40.2 Å². The van der Waals surface area contributed by atoms with Crippen LogP contribution in [0.25, 0.3) is 10.8 Å². The quantitative estimate of drug-likeness (QED) is 0.795. The summed E-state index contributed by atoms with van der Waals surface area (Å²) in [5, 5.41) is 6.00. The van der Waals surface area contributed by atoms with Gasteiger partial charge in [-0.1, -0.05) is 45.0 Å². The molecule has 0 amide bonds. The summed E-state index contributed by atoms with van der Waals surface area (Å²) in [5.74, 6) is 1.13. The van der Waals surface area contributed by atoms with Crippen molar-refractivity contribution in [1.82, 2.24) is 10.3 Å². The molecular weight excluding hydrogens is 258 g/mol. The minimum absolute atomic E-state index is 0.881. The summed E-state index contributed by atoms with van der Waals surface area (Å²) in [6, 6.07) is 8.64. The summed E-state index contributed by atoms with van der Waals surface area (Å²) in [4.78, 5) is 7.20. The molecule has 0 radical (unpaired) electrons. The lowest BCUT2D eigenvalue weighted by atomic mass is 10.1. The van der Waals surface area contributed by atoms with Gasteiger partial charge in [0, 0.05) is 31.2 Å². The van der Waals surface area contributed by atoms with Crippen molar-refractivity contribution in [1.29, 1.82) is 0 Å². The maximum atomic E-state index is 4.78. The highest BCUT2D eigenvalue weighted by Crippen LogP contribution is 2.27. The van der Waals surface area contributed by atoms with Crippen LogP contribution in [0, 0.1) is 0 Å². The summed E-state index contributed by atoms with van der Waals surface area (Å²) >= 11 is 0. The minimum atomic E-state index is 0.881. The Balaban J connectivity index is 2.45.